The molecule has 0 radical (unpaired) electrons. The topological polar surface area (TPSA) is 66.0 Å². The zero-order valence-corrected chi connectivity index (χ0v) is 11.5. The lowest BCUT2D eigenvalue weighted by molar-refractivity contribution is 0.415. The van der Waals surface area contributed by atoms with Crippen molar-refractivity contribution >= 4 is 17.0 Å². The van der Waals surface area contributed by atoms with E-state index >= 15 is 0 Å². The third kappa shape index (κ3) is 2.18. The molecular weight excluding hydrogens is 252 g/mol. The molecule has 2 N–H and O–H groups in total. The number of nitrogens with two attached hydrogens (primary N) is 1. The number of ether oxygens (including phenoxy) is 1. The summed E-state index contributed by atoms with van der Waals surface area (Å²) in [6.07, 6.45) is 1.86. The molecule has 0 saturated heterocycles. The van der Waals surface area contributed by atoms with Crippen molar-refractivity contribution < 1.29 is 4.74 Å². The number of benzene rings is 1. The first kappa shape index (κ1) is 12.5. The molecule has 0 saturated carbocycles. The highest BCUT2D eigenvalue weighted by Gasteiger charge is 2.09. The summed E-state index contributed by atoms with van der Waals surface area (Å²) in [5, 5.41) is 0. The summed E-state index contributed by atoms with van der Waals surface area (Å²) in [7, 11) is 1.65. The second-order valence-corrected chi connectivity index (χ2v) is 4.72. The zero-order chi connectivity index (χ0) is 14.1. The van der Waals surface area contributed by atoms with Gasteiger partial charge in [0.2, 0.25) is 5.95 Å². The van der Waals surface area contributed by atoms with E-state index in [4.69, 9.17) is 10.5 Å². The quantitative estimate of drug-likeness (QED) is 0.792. The van der Waals surface area contributed by atoms with Gasteiger partial charge in [0.15, 0.2) is 0 Å². The second-order valence-electron chi connectivity index (χ2n) is 4.72. The van der Waals surface area contributed by atoms with Crippen LogP contribution in [0.1, 0.15) is 11.3 Å². The first-order chi connectivity index (χ1) is 9.67. The fourth-order valence-corrected chi connectivity index (χ4v) is 2.19. The van der Waals surface area contributed by atoms with E-state index in [9.17, 15) is 0 Å². The highest BCUT2D eigenvalue weighted by Crippen LogP contribution is 2.23. The average Bonchev–Trinajstić information content (AvgIpc) is 2.77. The Labute approximate surface area is 117 Å². The molecule has 5 heteroatoms. The number of nitrogens with zero attached hydrogens (tertiary/aromatic N) is 3. The van der Waals surface area contributed by atoms with Gasteiger partial charge in [0.05, 0.1) is 24.7 Å². The number of anilines is 1. The van der Waals surface area contributed by atoms with Crippen molar-refractivity contribution in [2.45, 2.75) is 13.5 Å². The molecule has 20 heavy (non-hydrogen) atoms. The highest BCUT2D eigenvalue weighted by molar-refractivity contribution is 5.80. The first-order valence-corrected chi connectivity index (χ1v) is 6.38. The van der Waals surface area contributed by atoms with Crippen LogP contribution in [0.25, 0.3) is 11.0 Å². The Morgan fingerprint density at radius 3 is 2.80 bits per heavy atom. The number of hydrogen-bond donors (Lipinski definition) is 1. The van der Waals surface area contributed by atoms with Crippen LogP contribution in [0.4, 0.5) is 5.95 Å². The summed E-state index contributed by atoms with van der Waals surface area (Å²) in [5.41, 5.74) is 9.92. The monoisotopic (exact) mass is 268 g/mol. The van der Waals surface area contributed by atoms with Gasteiger partial charge in [0, 0.05) is 18.0 Å². The molecule has 0 aliphatic heterocycles. The third-order valence-corrected chi connectivity index (χ3v) is 3.30. The van der Waals surface area contributed by atoms with E-state index in [1.807, 2.05) is 48.0 Å². The predicted octanol–water partition coefficient (Wildman–Crippen LogP) is 2.38. The summed E-state index contributed by atoms with van der Waals surface area (Å²) < 4.78 is 7.22. The fourth-order valence-electron chi connectivity index (χ4n) is 2.19. The normalized spacial score (nSPS) is 10.9. The van der Waals surface area contributed by atoms with E-state index in [1.165, 1.54) is 0 Å². The maximum Gasteiger partial charge on any atom is 0.201 e. The van der Waals surface area contributed by atoms with E-state index in [2.05, 4.69) is 9.97 Å². The third-order valence-electron chi connectivity index (χ3n) is 3.30. The lowest BCUT2D eigenvalue weighted by Gasteiger charge is -2.07. The maximum atomic E-state index is 6.01. The number of fused-ring (bicyclic) bond motifs is 1. The first-order valence-electron chi connectivity index (χ1n) is 6.38. The molecule has 0 aliphatic rings. The number of aryl methyl sites for hydroxylation is 1. The molecule has 3 aromatic rings. The van der Waals surface area contributed by atoms with Crippen molar-refractivity contribution in [2.24, 2.45) is 0 Å². The van der Waals surface area contributed by atoms with Gasteiger partial charge in [0.1, 0.15) is 5.75 Å². The molecule has 0 bridgehead atoms. The van der Waals surface area contributed by atoms with Crippen molar-refractivity contribution in [2.75, 3.05) is 12.8 Å². The SMILES string of the molecule is COc1ccc2nc(N)n(Cc3ccc(C)nc3)c2c1. The Kier molecular flexibility index (Phi) is 3.02. The number of nitrogen functional groups attached to an aromatic ring is 1. The Bertz CT molecular complexity index is 746. The summed E-state index contributed by atoms with van der Waals surface area (Å²) in [6, 6.07) is 9.78. The van der Waals surface area contributed by atoms with Crippen LogP contribution in [0.3, 0.4) is 0 Å². The molecule has 102 valence electrons. The number of hydrogen-bond acceptors (Lipinski definition) is 4. The van der Waals surface area contributed by atoms with Crippen molar-refractivity contribution in [3.8, 4) is 5.75 Å². The van der Waals surface area contributed by atoms with Crippen LogP contribution >= 0.6 is 0 Å². The van der Waals surface area contributed by atoms with Crippen molar-refractivity contribution in [3.63, 3.8) is 0 Å². The largest absolute Gasteiger partial charge is 0.497 e. The van der Waals surface area contributed by atoms with Crippen LogP contribution in [-0.2, 0) is 6.54 Å². The molecule has 0 amide bonds. The zero-order valence-electron chi connectivity index (χ0n) is 11.5. The standard InChI is InChI=1S/C15H16N4O/c1-10-3-4-11(8-17-10)9-19-14-7-12(20-2)5-6-13(14)18-15(19)16/h3-8H,9H2,1-2H3,(H2,16,18). The molecule has 2 heterocycles. The molecule has 2 aromatic heterocycles. The molecule has 0 atom stereocenters. The molecule has 0 spiro atoms. The van der Waals surface area contributed by atoms with E-state index in [0.717, 1.165) is 28.0 Å². The Hall–Kier alpha value is -2.56. The van der Waals surface area contributed by atoms with Crippen LogP contribution < -0.4 is 10.5 Å². The van der Waals surface area contributed by atoms with Gasteiger partial charge in [-0.1, -0.05) is 6.07 Å². The van der Waals surface area contributed by atoms with Gasteiger partial charge in [0.25, 0.3) is 0 Å². The Morgan fingerprint density at radius 2 is 2.10 bits per heavy atom. The minimum atomic E-state index is 0.494. The van der Waals surface area contributed by atoms with Gasteiger partial charge >= 0.3 is 0 Å². The molecule has 1 aromatic carbocycles. The lowest BCUT2D eigenvalue weighted by Crippen LogP contribution is -2.05. The van der Waals surface area contributed by atoms with Crippen molar-refractivity contribution in [1.29, 1.82) is 0 Å². The van der Waals surface area contributed by atoms with Crippen LogP contribution in [0.15, 0.2) is 36.5 Å². The van der Waals surface area contributed by atoms with Crippen molar-refractivity contribution in [3.05, 3.63) is 47.8 Å². The predicted molar refractivity (Wildman–Crippen MR) is 78.8 cm³/mol. The van der Waals surface area contributed by atoms with E-state index in [0.29, 0.717) is 12.5 Å². The number of rotatable bonds is 3. The molecule has 0 aliphatic carbocycles. The van der Waals surface area contributed by atoms with Crippen LogP contribution in [0, 0.1) is 6.92 Å². The van der Waals surface area contributed by atoms with Crippen LogP contribution in [-0.4, -0.2) is 21.6 Å². The maximum absolute atomic E-state index is 6.01. The summed E-state index contributed by atoms with van der Waals surface area (Å²) in [4.78, 5) is 8.67. The fraction of sp³-hybridized carbons (Fsp3) is 0.200. The van der Waals surface area contributed by atoms with Gasteiger partial charge < -0.3 is 15.0 Å². The molecular formula is C15H16N4O. The molecule has 0 unspecified atom stereocenters. The van der Waals surface area contributed by atoms with Gasteiger partial charge in [-0.3, -0.25) is 4.98 Å². The summed E-state index contributed by atoms with van der Waals surface area (Å²) >= 11 is 0. The Morgan fingerprint density at radius 1 is 1.25 bits per heavy atom. The van der Waals surface area contributed by atoms with Gasteiger partial charge in [-0.05, 0) is 30.7 Å². The number of imidazole rings is 1. The highest BCUT2D eigenvalue weighted by atomic mass is 16.5. The summed E-state index contributed by atoms with van der Waals surface area (Å²) in [6.45, 7) is 2.61. The lowest BCUT2D eigenvalue weighted by atomic mass is 10.2. The molecule has 0 fully saturated rings. The average molecular weight is 268 g/mol. The van der Waals surface area contributed by atoms with Crippen molar-refractivity contribution in [1.82, 2.24) is 14.5 Å². The molecule has 3 rings (SSSR count). The van der Waals surface area contributed by atoms with E-state index in [-0.39, 0.29) is 0 Å². The smallest absolute Gasteiger partial charge is 0.201 e. The van der Waals surface area contributed by atoms with Crippen LogP contribution in [0.5, 0.6) is 5.75 Å². The number of pyridine rings is 1. The molecule has 5 nitrogen and oxygen atoms in total. The minimum Gasteiger partial charge on any atom is -0.497 e. The summed E-state index contributed by atoms with van der Waals surface area (Å²) in [5.74, 6) is 1.29. The number of aromatic nitrogens is 3. The van der Waals surface area contributed by atoms with E-state index in [1.54, 1.807) is 7.11 Å². The van der Waals surface area contributed by atoms with Crippen LogP contribution in [0.2, 0.25) is 0 Å². The van der Waals surface area contributed by atoms with E-state index < -0.39 is 0 Å². The van der Waals surface area contributed by atoms with Gasteiger partial charge in [-0.2, -0.15) is 0 Å². The van der Waals surface area contributed by atoms with Gasteiger partial charge in [-0.15, -0.1) is 0 Å². The minimum absolute atomic E-state index is 0.494. The Balaban J connectivity index is 2.05. The number of methoxy groups -OCH3 is 1. The van der Waals surface area contributed by atoms with Gasteiger partial charge in [-0.25, -0.2) is 4.98 Å². The second kappa shape index (κ2) is 4.85.